The van der Waals surface area contributed by atoms with Crippen LogP contribution in [0, 0.1) is 0 Å². The first-order valence-electron chi connectivity index (χ1n) is 6.51. The summed E-state index contributed by atoms with van der Waals surface area (Å²) in [5.41, 5.74) is 0.757. The van der Waals surface area contributed by atoms with Crippen LogP contribution >= 0.6 is 11.6 Å². The van der Waals surface area contributed by atoms with Gasteiger partial charge in [0, 0.05) is 5.88 Å². The molecule has 0 saturated carbocycles. The van der Waals surface area contributed by atoms with E-state index in [9.17, 15) is 4.79 Å². The van der Waals surface area contributed by atoms with Gasteiger partial charge in [0.25, 0.3) is 0 Å². The lowest BCUT2D eigenvalue weighted by Crippen LogP contribution is -2.50. The van der Waals surface area contributed by atoms with Crippen molar-refractivity contribution >= 4 is 17.5 Å². The molecular weight excluding hydrogens is 246 g/mol. The monoisotopic (exact) mass is 267 g/mol. The van der Waals surface area contributed by atoms with Crippen molar-refractivity contribution < 1.29 is 4.79 Å². The molecule has 0 fully saturated rings. The molecule has 0 saturated heterocycles. The number of hydrogen-bond acceptors (Lipinski definition) is 1. The summed E-state index contributed by atoms with van der Waals surface area (Å²) in [5.74, 6) is 0.352. The third-order valence-corrected chi connectivity index (χ3v) is 4.20. The van der Waals surface area contributed by atoms with Crippen LogP contribution in [-0.2, 0) is 4.79 Å². The molecule has 1 atom stereocenters. The highest BCUT2D eigenvalue weighted by atomic mass is 35.5. The Labute approximate surface area is 115 Å². The van der Waals surface area contributed by atoms with E-state index in [4.69, 9.17) is 11.6 Å². The Bertz CT molecular complexity index is 365. The number of nitrogens with one attached hydrogen (secondary N) is 1. The van der Waals surface area contributed by atoms with E-state index in [-0.39, 0.29) is 17.4 Å². The molecule has 18 heavy (non-hydrogen) atoms. The van der Waals surface area contributed by atoms with E-state index >= 15 is 0 Å². The van der Waals surface area contributed by atoms with Gasteiger partial charge in [-0.15, -0.1) is 11.6 Å². The third kappa shape index (κ3) is 3.49. The lowest BCUT2D eigenvalue weighted by atomic mass is 9.92. The first-order valence-corrected chi connectivity index (χ1v) is 7.05. The number of rotatable bonds is 6. The first kappa shape index (κ1) is 15.0. The average Bonchev–Trinajstić information content (AvgIpc) is 2.45. The van der Waals surface area contributed by atoms with Crippen molar-refractivity contribution in [2.24, 2.45) is 0 Å². The Hall–Kier alpha value is -1.02. The summed E-state index contributed by atoms with van der Waals surface area (Å²) in [6, 6.07) is 9.81. The highest BCUT2D eigenvalue weighted by Crippen LogP contribution is 2.21. The lowest BCUT2D eigenvalue weighted by molar-refractivity contribution is -0.124. The summed E-state index contributed by atoms with van der Waals surface area (Å²) in [4.78, 5) is 12.3. The molecule has 0 aliphatic heterocycles. The van der Waals surface area contributed by atoms with Crippen molar-refractivity contribution in [1.29, 1.82) is 0 Å². The molecule has 1 aromatic carbocycles. The highest BCUT2D eigenvalue weighted by molar-refractivity contribution is 6.18. The molecule has 2 nitrogen and oxygen atoms in total. The van der Waals surface area contributed by atoms with E-state index in [1.54, 1.807) is 0 Å². The van der Waals surface area contributed by atoms with Crippen LogP contribution < -0.4 is 5.32 Å². The standard InChI is InChI=1S/C15H22ClNO/c1-4-15(5-2,11-16)17-14(18)12(3)13-9-7-6-8-10-13/h6-10,12H,4-5,11H2,1-3H3,(H,17,18). The van der Waals surface area contributed by atoms with Crippen LogP contribution in [-0.4, -0.2) is 17.3 Å². The highest BCUT2D eigenvalue weighted by Gasteiger charge is 2.29. The minimum Gasteiger partial charge on any atom is -0.349 e. The van der Waals surface area contributed by atoms with Gasteiger partial charge in [-0.2, -0.15) is 0 Å². The van der Waals surface area contributed by atoms with E-state index in [1.165, 1.54) is 0 Å². The summed E-state index contributed by atoms with van der Waals surface area (Å²) >= 11 is 6.00. The lowest BCUT2D eigenvalue weighted by Gasteiger charge is -2.32. The van der Waals surface area contributed by atoms with Gasteiger partial charge in [-0.3, -0.25) is 4.79 Å². The van der Waals surface area contributed by atoms with Crippen LogP contribution in [0.4, 0.5) is 0 Å². The number of carbonyl (C=O) groups excluding carboxylic acids is 1. The van der Waals surface area contributed by atoms with E-state index in [0.29, 0.717) is 5.88 Å². The predicted molar refractivity (Wildman–Crippen MR) is 77.0 cm³/mol. The zero-order chi connectivity index (χ0) is 13.6. The molecule has 0 aliphatic rings. The van der Waals surface area contributed by atoms with Gasteiger partial charge in [0.1, 0.15) is 0 Å². The van der Waals surface area contributed by atoms with Crippen molar-refractivity contribution in [3.8, 4) is 0 Å². The molecule has 1 rings (SSSR count). The number of amides is 1. The summed E-state index contributed by atoms with van der Waals surface area (Å²) in [7, 11) is 0. The van der Waals surface area contributed by atoms with Crippen molar-refractivity contribution in [2.45, 2.75) is 45.1 Å². The van der Waals surface area contributed by atoms with Gasteiger partial charge < -0.3 is 5.32 Å². The van der Waals surface area contributed by atoms with Crippen LogP contribution in [0.15, 0.2) is 30.3 Å². The van der Waals surface area contributed by atoms with Crippen molar-refractivity contribution in [1.82, 2.24) is 5.32 Å². The molecule has 3 heteroatoms. The van der Waals surface area contributed by atoms with Gasteiger partial charge in [0.05, 0.1) is 11.5 Å². The minimum absolute atomic E-state index is 0.0468. The Balaban J connectivity index is 2.76. The molecule has 1 unspecified atom stereocenters. The largest absolute Gasteiger partial charge is 0.349 e. The topological polar surface area (TPSA) is 29.1 Å². The van der Waals surface area contributed by atoms with Crippen LogP contribution in [0.5, 0.6) is 0 Å². The second-order valence-corrected chi connectivity index (χ2v) is 5.01. The quantitative estimate of drug-likeness (QED) is 0.783. The van der Waals surface area contributed by atoms with E-state index in [0.717, 1.165) is 18.4 Å². The first-order chi connectivity index (χ1) is 8.58. The molecule has 1 aromatic rings. The predicted octanol–water partition coefficient (Wildman–Crippen LogP) is 3.70. The van der Waals surface area contributed by atoms with Gasteiger partial charge in [-0.05, 0) is 25.3 Å². The molecule has 1 amide bonds. The Morgan fingerprint density at radius 2 is 1.83 bits per heavy atom. The number of halogens is 1. The summed E-state index contributed by atoms with van der Waals surface area (Å²) in [5, 5.41) is 3.11. The number of alkyl halides is 1. The van der Waals surface area contributed by atoms with Crippen LogP contribution in [0.25, 0.3) is 0 Å². The van der Waals surface area contributed by atoms with Gasteiger partial charge in [0.15, 0.2) is 0 Å². The molecule has 0 radical (unpaired) electrons. The second-order valence-electron chi connectivity index (χ2n) is 4.74. The van der Waals surface area contributed by atoms with Crippen LogP contribution in [0.1, 0.15) is 45.1 Å². The second kappa shape index (κ2) is 6.79. The minimum atomic E-state index is -0.276. The summed E-state index contributed by atoms with van der Waals surface area (Å²) < 4.78 is 0. The fourth-order valence-corrected chi connectivity index (χ4v) is 2.36. The SMILES string of the molecule is CCC(CC)(CCl)NC(=O)C(C)c1ccccc1. The fraction of sp³-hybridized carbons (Fsp3) is 0.533. The normalized spacial score (nSPS) is 13.1. The Kier molecular flexibility index (Phi) is 5.67. The van der Waals surface area contributed by atoms with E-state index in [2.05, 4.69) is 19.2 Å². The molecule has 100 valence electrons. The van der Waals surface area contributed by atoms with Gasteiger partial charge >= 0.3 is 0 Å². The van der Waals surface area contributed by atoms with Crippen molar-refractivity contribution in [2.75, 3.05) is 5.88 Å². The maximum Gasteiger partial charge on any atom is 0.227 e. The average molecular weight is 268 g/mol. The summed E-state index contributed by atoms with van der Waals surface area (Å²) in [6.07, 6.45) is 1.69. The Morgan fingerprint density at radius 1 is 1.28 bits per heavy atom. The number of carbonyl (C=O) groups is 1. The maximum absolute atomic E-state index is 12.3. The molecule has 0 heterocycles. The van der Waals surface area contributed by atoms with Gasteiger partial charge in [-0.25, -0.2) is 0 Å². The van der Waals surface area contributed by atoms with Crippen molar-refractivity contribution in [3.05, 3.63) is 35.9 Å². The smallest absolute Gasteiger partial charge is 0.227 e. The molecule has 0 aromatic heterocycles. The molecule has 0 bridgehead atoms. The zero-order valence-electron chi connectivity index (χ0n) is 11.4. The van der Waals surface area contributed by atoms with Crippen LogP contribution in [0.2, 0.25) is 0 Å². The van der Waals surface area contributed by atoms with Gasteiger partial charge in [0.2, 0.25) is 5.91 Å². The molecular formula is C15H22ClNO. The molecule has 0 aliphatic carbocycles. The maximum atomic E-state index is 12.3. The number of hydrogen-bond donors (Lipinski definition) is 1. The third-order valence-electron chi connectivity index (χ3n) is 3.69. The van der Waals surface area contributed by atoms with E-state index < -0.39 is 0 Å². The number of benzene rings is 1. The summed E-state index contributed by atoms with van der Waals surface area (Å²) in [6.45, 7) is 6.04. The molecule has 0 spiro atoms. The molecule has 1 N–H and O–H groups in total. The zero-order valence-corrected chi connectivity index (χ0v) is 12.1. The Morgan fingerprint density at radius 3 is 2.28 bits per heavy atom. The van der Waals surface area contributed by atoms with Crippen LogP contribution in [0.3, 0.4) is 0 Å². The van der Waals surface area contributed by atoms with Crippen molar-refractivity contribution in [3.63, 3.8) is 0 Å². The fourth-order valence-electron chi connectivity index (χ4n) is 1.91. The van der Waals surface area contributed by atoms with Gasteiger partial charge in [-0.1, -0.05) is 44.2 Å². The van der Waals surface area contributed by atoms with E-state index in [1.807, 2.05) is 37.3 Å².